The fraction of sp³-hybridized carbons (Fsp3) is 1.00. The molecule has 6 atom stereocenters. The van der Waals surface area contributed by atoms with Crippen LogP contribution in [-0.4, -0.2) is 70.2 Å². The minimum absolute atomic E-state index is 0.0247. The predicted molar refractivity (Wildman–Crippen MR) is 79.6 cm³/mol. The van der Waals surface area contributed by atoms with E-state index in [1.807, 2.05) is 0 Å². The van der Waals surface area contributed by atoms with Crippen LogP contribution in [-0.2, 0) is 51.3 Å². The summed E-state index contributed by atoms with van der Waals surface area (Å²) in [5.41, 5.74) is 0. The molecule has 0 amide bonds. The Kier molecular flexibility index (Phi) is 12.6. The quantitative estimate of drug-likeness (QED) is 0.0796. The van der Waals surface area contributed by atoms with E-state index in [0.717, 1.165) is 0 Å². The normalized spacial score (nSPS) is 29.4. The van der Waals surface area contributed by atoms with E-state index in [1.165, 1.54) is 7.11 Å². The first-order valence-corrected chi connectivity index (χ1v) is 12.9. The molecule has 0 aliphatic heterocycles. The van der Waals surface area contributed by atoms with Crippen LogP contribution < -0.4 is 39.9 Å². The number of phosphoric ester groups is 3. The zero-order valence-electron chi connectivity index (χ0n) is 16.4. The van der Waals surface area contributed by atoms with Crippen molar-refractivity contribution in [2.45, 2.75) is 36.6 Å². The fourth-order valence-electron chi connectivity index (χ4n) is 2.82. The number of phosphoric acid groups is 3. The van der Waals surface area contributed by atoms with Crippen LogP contribution in [0.15, 0.2) is 0 Å². The number of methoxy groups -OCH3 is 1. The summed E-state index contributed by atoms with van der Waals surface area (Å²) in [7, 11) is -17.0. The second kappa shape index (κ2) is 13.4. The van der Waals surface area contributed by atoms with Gasteiger partial charge in [-0.3, -0.25) is 0 Å². The maximum absolute atomic E-state index is 11.3. The van der Waals surface area contributed by atoms with Crippen molar-refractivity contribution >= 4 is 23.5 Å². The molecule has 0 radical (unpaired) electrons. The molecule has 1 saturated carbocycles. The molecule has 22 heteroatoms. The Morgan fingerprint density at radius 3 is 1.33 bits per heavy atom. The highest BCUT2D eigenvalue weighted by atomic mass is 31.2. The van der Waals surface area contributed by atoms with E-state index in [4.69, 9.17) is 14.2 Å². The molecule has 1 rings (SSSR count). The van der Waals surface area contributed by atoms with Gasteiger partial charge in [0.2, 0.25) is 0 Å². The Hall–Kier alpha value is 0.0500. The molecule has 19 nitrogen and oxygen atoms in total. The van der Waals surface area contributed by atoms with Crippen LogP contribution in [0.3, 0.4) is 0 Å². The second-order valence-electron chi connectivity index (χ2n) is 6.11. The van der Waals surface area contributed by atoms with E-state index in [-0.39, 0.29) is 19.8 Å². The Morgan fingerprint density at radius 2 is 0.939 bits per heavy atom. The van der Waals surface area contributed by atoms with Crippen molar-refractivity contribution in [3.8, 4) is 0 Å². The molecular formula is C11H17O19P3-8. The molecule has 0 spiro atoms. The monoisotopic (exact) mass is 546 g/mol. The molecule has 1 aliphatic carbocycles. The van der Waals surface area contributed by atoms with Gasteiger partial charge in [-0.2, -0.15) is 0 Å². The van der Waals surface area contributed by atoms with Crippen LogP contribution in [0.25, 0.3) is 0 Å². The van der Waals surface area contributed by atoms with E-state index >= 15 is 0 Å². The van der Waals surface area contributed by atoms with Gasteiger partial charge in [-0.1, -0.05) is 0 Å². The summed E-state index contributed by atoms with van der Waals surface area (Å²) in [6.07, 6.45) is -15.4. The molecule has 3 unspecified atom stereocenters. The van der Waals surface area contributed by atoms with Crippen molar-refractivity contribution in [3.05, 3.63) is 0 Å². The largest absolute Gasteiger partial charge is 0.790 e. The minimum atomic E-state index is -6.15. The van der Waals surface area contributed by atoms with Gasteiger partial charge in [0.25, 0.3) is 0 Å². The summed E-state index contributed by atoms with van der Waals surface area (Å²) >= 11 is 0. The molecule has 0 aromatic heterocycles. The lowest BCUT2D eigenvalue weighted by atomic mass is 9.84. The molecule has 0 N–H and O–H groups in total. The zero-order chi connectivity index (χ0) is 25.4. The molecule has 1 fully saturated rings. The van der Waals surface area contributed by atoms with Crippen molar-refractivity contribution in [2.24, 2.45) is 0 Å². The third-order valence-electron chi connectivity index (χ3n) is 3.89. The van der Waals surface area contributed by atoms with Crippen LogP contribution in [0, 0.1) is 0 Å². The van der Waals surface area contributed by atoms with Gasteiger partial charge in [0, 0.05) is 7.11 Å². The van der Waals surface area contributed by atoms with E-state index in [2.05, 4.69) is 23.3 Å². The maximum atomic E-state index is 11.3. The van der Waals surface area contributed by atoms with Crippen LogP contribution in [0.4, 0.5) is 0 Å². The SMILES string of the molecule is COCCOCCOC1C(O[O-])[C@H](OP(=O)([O-])[O-])[C@H](O[O-])C(OP(=O)([O-])[O-])[C@@H]1OP(=O)([O-])[O-]. The molecule has 0 bridgehead atoms. The highest BCUT2D eigenvalue weighted by Gasteiger charge is 2.54. The number of hydrogen-bond donors (Lipinski definition) is 0. The van der Waals surface area contributed by atoms with Crippen molar-refractivity contribution in [3.63, 3.8) is 0 Å². The summed E-state index contributed by atoms with van der Waals surface area (Å²) in [5.74, 6) is 0. The lowest BCUT2D eigenvalue weighted by Gasteiger charge is -2.55. The van der Waals surface area contributed by atoms with Gasteiger partial charge in [-0.25, -0.2) is 0 Å². The number of hydrogen-bond acceptors (Lipinski definition) is 19. The Labute approximate surface area is 185 Å². The van der Waals surface area contributed by atoms with Gasteiger partial charge in [-0.05, 0) is 0 Å². The summed E-state index contributed by atoms with van der Waals surface area (Å²) in [6, 6.07) is 0. The van der Waals surface area contributed by atoms with Crippen molar-refractivity contribution in [2.75, 3.05) is 33.5 Å². The smallest absolute Gasteiger partial charge is 0.121 e. The van der Waals surface area contributed by atoms with Gasteiger partial charge in [-0.15, -0.1) is 0 Å². The summed E-state index contributed by atoms with van der Waals surface area (Å²) in [6.45, 7) is -0.740. The van der Waals surface area contributed by atoms with E-state index in [1.54, 1.807) is 0 Å². The molecule has 0 heterocycles. The Balaban J connectivity index is 3.37. The molecule has 1 aliphatic rings. The van der Waals surface area contributed by atoms with Gasteiger partial charge in [0.05, 0.1) is 49.9 Å². The summed E-state index contributed by atoms with van der Waals surface area (Å²) in [5, 5.41) is 22.4. The lowest BCUT2D eigenvalue weighted by molar-refractivity contribution is -0.727. The molecule has 0 aromatic carbocycles. The highest BCUT2D eigenvalue weighted by Crippen LogP contribution is 2.45. The molecule has 198 valence electrons. The van der Waals surface area contributed by atoms with E-state index in [9.17, 15) is 53.6 Å². The zero-order valence-corrected chi connectivity index (χ0v) is 19.1. The fourth-order valence-corrected chi connectivity index (χ4v) is 4.44. The van der Waals surface area contributed by atoms with Crippen LogP contribution in [0.1, 0.15) is 0 Å². The van der Waals surface area contributed by atoms with E-state index < -0.39 is 66.7 Å². The number of rotatable bonds is 15. The third kappa shape index (κ3) is 11.1. The lowest BCUT2D eigenvalue weighted by Crippen LogP contribution is -2.69. The summed E-state index contributed by atoms with van der Waals surface area (Å²) in [4.78, 5) is 73.9. The highest BCUT2D eigenvalue weighted by molar-refractivity contribution is 7.43. The van der Waals surface area contributed by atoms with E-state index in [0.29, 0.717) is 0 Å². The second-order valence-corrected chi connectivity index (χ2v) is 9.43. The van der Waals surface area contributed by atoms with Crippen molar-refractivity contribution in [1.82, 2.24) is 0 Å². The molecule has 0 saturated heterocycles. The van der Waals surface area contributed by atoms with Crippen molar-refractivity contribution in [1.29, 1.82) is 0 Å². The first kappa shape index (κ1) is 31.1. The summed E-state index contributed by atoms with van der Waals surface area (Å²) < 4.78 is 60.2. The predicted octanol–water partition coefficient (Wildman–Crippen LogP) is -7.99. The van der Waals surface area contributed by atoms with Crippen LogP contribution in [0.5, 0.6) is 0 Å². The Morgan fingerprint density at radius 1 is 0.576 bits per heavy atom. The van der Waals surface area contributed by atoms with Crippen molar-refractivity contribution < 1.29 is 91.1 Å². The van der Waals surface area contributed by atoms with Gasteiger partial charge >= 0.3 is 0 Å². The first-order valence-electron chi connectivity index (χ1n) is 8.50. The minimum Gasteiger partial charge on any atom is -0.790 e. The topological polar surface area (TPSA) is 310 Å². The molecular weight excluding hydrogens is 529 g/mol. The standard InChI is InChI=1S/C11H25O19P3/c1-23-2-3-24-4-5-25-6-7(26-12)10(29-32(17,18)19)8(27-13)11(30-33(20,21)22)9(6)28-31(14,15)16/h6-13H,2-5H2,1H3,(H2,14,15,16)(H2,17,18,19)(H2,20,21,22)/p-8/t6?,7?,8-,9+,10-,11?/m0/s1. The van der Waals surface area contributed by atoms with Crippen LogP contribution >= 0.6 is 23.5 Å². The average molecular weight is 546 g/mol. The van der Waals surface area contributed by atoms with Gasteiger partial charge < -0.3 is 91.1 Å². The number of ether oxygens (including phenoxy) is 3. The Bertz CT molecular complexity index is 716. The van der Waals surface area contributed by atoms with Gasteiger partial charge in [0.1, 0.15) is 36.6 Å². The third-order valence-corrected chi connectivity index (χ3v) is 5.39. The molecule has 33 heavy (non-hydrogen) atoms. The molecule has 0 aromatic rings. The average Bonchev–Trinajstić information content (AvgIpc) is 2.64. The van der Waals surface area contributed by atoms with Gasteiger partial charge in [0.15, 0.2) is 0 Å². The maximum Gasteiger partial charge on any atom is 0.121 e. The first-order chi connectivity index (χ1) is 15.1. The van der Waals surface area contributed by atoms with Crippen LogP contribution in [0.2, 0.25) is 0 Å².